The Labute approximate surface area is 174 Å². The topological polar surface area (TPSA) is 65.4 Å². The highest BCUT2D eigenvalue weighted by Gasteiger charge is 2.16. The fourth-order valence-electron chi connectivity index (χ4n) is 2.59. The third kappa shape index (κ3) is 4.96. The zero-order chi connectivity index (χ0) is 21.0. The summed E-state index contributed by atoms with van der Waals surface area (Å²) in [5.74, 6) is -0.222. The Morgan fingerprint density at radius 3 is 2.72 bits per heavy atom. The van der Waals surface area contributed by atoms with Crippen LogP contribution in [0, 0.1) is 0 Å². The van der Waals surface area contributed by atoms with Gasteiger partial charge < -0.3 is 14.8 Å². The largest absolute Gasteiger partial charge is 0.493 e. The summed E-state index contributed by atoms with van der Waals surface area (Å²) in [7, 11) is 1.29. The number of nitrogens with one attached hydrogen (secondary N) is 1. The summed E-state index contributed by atoms with van der Waals surface area (Å²) in [5, 5.41) is 7.72. The number of hydrogen-bond acceptors (Lipinski definition) is 4. The number of amides is 1. The first-order valence-electron chi connectivity index (χ1n) is 8.28. The molecule has 3 rings (SSSR count). The number of anilines is 1. The molecule has 0 bridgehead atoms. The number of benzene rings is 2. The van der Waals surface area contributed by atoms with Gasteiger partial charge in [-0.05, 0) is 29.8 Å². The smallest absolute Gasteiger partial charge is 0.387 e. The van der Waals surface area contributed by atoms with E-state index in [1.807, 2.05) is 0 Å². The van der Waals surface area contributed by atoms with E-state index in [9.17, 15) is 13.6 Å². The second kappa shape index (κ2) is 9.11. The molecule has 152 valence electrons. The lowest BCUT2D eigenvalue weighted by Crippen LogP contribution is -2.16. The molecule has 0 aliphatic carbocycles. The number of methoxy groups -OCH3 is 1. The van der Waals surface area contributed by atoms with Gasteiger partial charge in [0.1, 0.15) is 5.82 Å². The van der Waals surface area contributed by atoms with Crippen LogP contribution in [0.1, 0.15) is 15.9 Å². The number of ether oxygens (including phenoxy) is 2. The molecule has 3 aromatic rings. The monoisotopic (exact) mass is 441 g/mol. The van der Waals surface area contributed by atoms with Crippen molar-refractivity contribution < 1.29 is 23.0 Å². The minimum absolute atomic E-state index is 0.0113. The highest BCUT2D eigenvalue weighted by Crippen LogP contribution is 2.30. The Balaban J connectivity index is 1.78. The minimum atomic E-state index is -3.00. The third-order valence-electron chi connectivity index (χ3n) is 3.95. The Morgan fingerprint density at radius 2 is 2.00 bits per heavy atom. The molecule has 0 radical (unpaired) electrons. The lowest BCUT2D eigenvalue weighted by atomic mass is 10.2. The number of alkyl halides is 2. The predicted octanol–water partition coefficient (Wildman–Crippen LogP) is 5.10. The molecule has 0 fully saturated rings. The number of hydrogen-bond donors (Lipinski definition) is 1. The Morgan fingerprint density at radius 1 is 1.21 bits per heavy atom. The molecule has 1 heterocycles. The van der Waals surface area contributed by atoms with E-state index in [2.05, 4.69) is 15.2 Å². The van der Waals surface area contributed by atoms with Crippen LogP contribution in [-0.2, 0) is 6.54 Å². The molecule has 1 N–H and O–H groups in total. The molecule has 1 aromatic heterocycles. The normalized spacial score (nSPS) is 10.8. The highest BCUT2D eigenvalue weighted by molar-refractivity contribution is 6.42. The Bertz CT molecular complexity index is 1030. The van der Waals surface area contributed by atoms with Crippen molar-refractivity contribution in [1.82, 2.24) is 9.78 Å². The lowest BCUT2D eigenvalue weighted by Gasteiger charge is -2.13. The molecule has 1 amide bonds. The van der Waals surface area contributed by atoms with Crippen LogP contribution in [0.5, 0.6) is 11.5 Å². The van der Waals surface area contributed by atoms with Crippen LogP contribution < -0.4 is 14.8 Å². The highest BCUT2D eigenvalue weighted by atomic mass is 35.5. The molecular formula is C19H15Cl2F2N3O3. The van der Waals surface area contributed by atoms with E-state index < -0.39 is 12.5 Å². The van der Waals surface area contributed by atoms with Crippen LogP contribution in [0.4, 0.5) is 14.6 Å². The molecule has 0 unspecified atom stereocenters. The fourth-order valence-corrected chi connectivity index (χ4v) is 2.97. The van der Waals surface area contributed by atoms with Gasteiger partial charge in [-0.25, -0.2) is 4.68 Å². The van der Waals surface area contributed by atoms with Crippen LogP contribution in [0.15, 0.2) is 48.7 Å². The Hall–Kier alpha value is -2.84. The average Bonchev–Trinajstić information content (AvgIpc) is 3.12. The van der Waals surface area contributed by atoms with E-state index in [1.54, 1.807) is 28.9 Å². The molecule has 0 saturated heterocycles. The number of nitrogens with zero attached hydrogens (tertiary/aromatic N) is 2. The summed E-state index contributed by atoms with van der Waals surface area (Å²) in [6.45, 7) is -2.72. The number of rotatable bonds is 7. The average molecular weight is 442 g/mol. The van der Waals surface area contributed by atoms with Crippen molar-refractivity contribution in [2.45, 2.75) is 13.2 Å². The van der Waals surface area contributed by atoms with E-state index in [0.29, 0.717) is 15.9 Å². The van der Waals surface area contributed by atoms with Gasteiger partial charge in [-0.1, -0.05) is 35.3 Å². The second-order valence-electron chi connectivity index (χ2n) is 5.79. The van der Waals surface area contributed by atoms with Gasteiger partial charge in [0.2, 0.25) is 0 Å². The summed E-state index contributed by atoms with van der Waals surface area (Å²) in [6.07, 6.45) is 1.52. The van der Waals surface area contributed by atoms with Gasteiger partial charge in [0, 0.05) is 11.6 Å². The molecule has 0 saturated carbocycles. The van der Waals surface area contributed by atoms with Crippen molar-refractivity contribution in [3.05, 3.63) is 69.8 Å². The summed E-state index contributed by atoms with van der Waals surface area (Å²) in [5.41, 5.74) is 0.922. The molecule has 10 heteroatoms. The quantitative estimate of drug-likeness (QED) is 0.553. The van der Waals surface area contributed by atoms with Crippen molar-refractivity contribution in [3.63, 3.8) is 0 Å². The van der Waals surface area contributed by atoms with Gasteiger partial charge in [-0.15, -0.1) is 0 Å². The number of halogens is 4. The van der Waals surface area contributed by atoms with Gasteiger partial charge >= 0.3 is 6.61 Å². The van der Waals surface area contributed by atoms with Gasteiger partial charge in [0.15, 0.2) is 11.5 Å². The van der Waals surface area contributed by atoms with Crippen LogP contribution in [-0.4, -0.2) is 29.4 Å². The van der Waals surface area contributed by atoms with Crippen molar-refractivity contribution in [2.24, 2.45) is 0 Å². The van der Waals surface area contributed by atoms with Gasteiger partial charge in [0.25, 0.3) is 5.91 Å². The Kier molecular flexibility index (Phi) is 6.56. The van der Waals surface area contributed by atoms with E-state index in [1.165, 1.54) is 31.5 Å². The molecule has 0 aliphatic heterocycles. The second-order valence-corrected chi connectivity index (χ2v) is 6.57. The first-order chi connectivity index (χ1) is 13.9. The van der Waals surface area contributed by atoms with Crippen molar-refractivity contribution in [1.29, 1.82) is 0 Å². The van der Waals surface area contributed by atoms with Crippen molar-refractivity contribution in [3.8, 4) is 11.5 Å². The minimum Gasteiger partial charge on any atom is -0.493 e. The van der Waals surface area contributed by atoms with Gasteiger partial charge in [0.05, 0.1) is 29.9 Å². The van der Waals surface area contributed by atoms with E-state index in [4.69, 9.17) is 27.9 Å². The van der Waals surface area contributed by atoms with E-state index >= 15 is 0 Å². The zero-order valence-corrected chi connectivity index (χ0v) is 16.5. The molecule has 29 heavy (non-hydrogen) atoms. The zero-order valence-electron chi connectivity index (χ0n) is 15.0. The molecule has 2 aromatic carbocycles. The first kappa shape index (κ1) is 20.9. The van der Waals surface area contributed by atoms with Crippen LogP contribution in [0.3, 0.4) is 0 Å². The summed E-state index contributed by atoms with van der Waals surface area (Å²) >= 11 is 12.2. The maximum Gasteiger partial charge on any atom is 0.387 e. The number of aromatic nitrogens is 2. The molecule has 0 spiro atoms. The lowest BCUT2D eigenvalue weighted by molar-refractivity contribution is -0.0512. The molecule has 6 nitrogen and oxygen atoms in total. The van der Waals surface area contributed by atoms with Crippen molar-refractivity contribution in [2.75, 3.05) is 12.4 Å². The van der Waals surface area contributed by atoms with Crippen molar-refractivity contribution >= 4 is 34.9 Å². The third-order valence-corrected chi connectivity index (χ3v) is 4.81. The maximum absolute atomic E-state index is 12.6. The standard InChI is InChI=1S/C19H15Cl2F2N3O3/c1-28-15-9-11(5-6-14(15)29-19(22)23)18(27)25-16-7-8-24-26(16)10-12-3-2-4-13(20)17(12)21/h2-9,19H,10H2,1H3,(H,25,27). The van der Waals surface area contributed by atoms with Gasteiger partial charge in [-0.2, -0.15) is 13.9 Å². The maximum atomic E-state index is 12.6. The summed E-state index contributed by atoms with van der Waals surface area (Å²) < 4.78 is 35.8. The van der Waals surface area contributed by atoms with Crippen LogP contribution in [0.25, 0.3) is 0 Å². The first-order valence-corrected chi connectivity index (χ1v) is 9.03. The predicted molar refractivity (Wildman–Crippen MR) is 105 cm³/mol. The number of carbonyl (C=O) groups excluding carboxylic acids is 1. The molecule has 0 atom stereocenters. The SMILES string of the molecule is COc1cc(C(=O)Nc2ccnn2Cc2cccc(Cl)c2Cl)ccc1OC(F)F. The van der Waals surface area contributed by atoms with Crippen LogP contribution in [0.2, 0.25) is 10.0 Å². The summed E-state index contributed by atoms with van der Waals surface area (Å²) in [4.78, 5) is 12.6. The van der Waals surface area contributed by atoms with E-state index in [0.717, 1.165) is 5.56 Å². The van der Waals surface area contributed by atoms with Gasteiger partial charge in [-0.3, -0.25) is 4.79 Å². The fraction of sp³-hybridized carbons (Fsp3) is 0.158. The number of carbonyl (C=O) groups is 1. The summed E-state index contributed by atoms with van der Waals surface area (Å²) in [6, 6.07) is 10.7. The molecule has 0 aliphatic rings. The van der Waals surface area contributed by atoms with Crippen LogP contribution >= 0.6 is 23.2 Å². The van der Waals surface area contributed by atoms with E-state index in [-0.39, 0.29) is 23.6 Å². The molecular weight excluding hydrogens is 427 g/mol.